The number of aromatic hydroxyl groups is 1. The van der Waals surface area contributed by atoms with Gasteiger partial charge in [-0.2, -0.15) is 0 Å². The number of benzene rings is 3. The van der Waals surface area contributed by atoms with Crippen LogP contribution >= 0.6 is 0 Å². The molecule has 3 aromatic rings. The molecule has 0 aromatic heterocycles. The molecule has 2 fully saturated rings. The van der Waals surface area contributed by atoms with Gasteiger partial charge in [-0.3, -0.25) is 9.69 Å². The second kappa shape index (κ2) is 9.78. The average molecular weight is 506 g/mol. The molecule has 3 aromatic carbocycles. The molecule has 2 saturated heterocycles. The minimum Gasteiger partial charge on any atom is -0.507 e. The summed E-state index contributed by atoms with van der Waals surface area (Å²) in [5.41, 5.74) is 2.94. The first-order valence-electron chi connectivity index (χ1n) is 12.8. The monoisotopic (exact) mass is 505 g/mol. The first-order valence-corrected chi connectivity index (χ1v) is 12.8. The zero-order valence-corrected chi connectivity index (χ0v) is 21.6. The maximum Gasteiger partial charge on any atom is 0.227 e. The van der Waals surface area contributed by atoms with E-state index in [4.69, 9.17) is 0 Å². The highest BCUT2D eigenvalue weighted by Gasteiger charge is 2.27. The number of anilines is 2. The maximum absolute atomic E-state index is 15.0. The summed E-state index contributed by atoms with van der Waals surface area (Å²) in [4.78, 5) is 18.2. The largest absolute Gasteiger partial charge is 0.507 e. The van der Waals surface area contributed by atoms with Gasteiger partial charge in [-0.1, -0.05) is 18.2 Å². The molecule has 2 aliphatic heterocycles. The Morgan fingerprint density at radius 2 is 1.51 bits per heavy atom. The van der Waals surface area contributed by atoms with Crippen LogP contribution in [0.2, 0.25) is 0 Å². The van der Waals surface area contributed by atoms with Crippen molar-refractivity contribution >= 4 is 17.3 Å². The lowest BCUT2D eigenvalue weighted by atomic mass is 9.96. The standard InChI is InChI=1S/C30H33F2N3O2/c1-30(2,3)34-14-12-33(13-15-34)23-7-4-6-20(16-23)24-18-22(31)19-25(29(24)37)21-9-10-27(26(32)17-21)35-11-5-8-28(35)36/h4,6-7,9-10,16-19,37H,5,8,11-15H2,1-3H3. The number of phenolic OH excluding ortho intramolecular Hbond substituents is 1. The molecule has 5 rings (SSSR count). The molecular weight excluding hydrogens is 472 g/mol. The van der Waals surface area contributed by atoms with Crippen LogP contribution in [0.15, 0.2) is 54.6 Å². The summed E-state index contributed by atoms with van der Waals surface area (Å²) in [6.07, 6.45) is 1.10. The highest BCUT2D eigenvalue weighted by Crippen LogP contribution is 2.41. The topological polar surface area (TPSA) is 47.0 Å². The highest BCUT2D eigenvalue weighted by atomic mass is 19.1. The Balaban J connectivity index is 1.44. The fourth-order valence-corrected chi connectivity index (χ4v) is 5.34. The van der Waals surface area contributed by atoms with Crippen molar-refractivity contribution in [2.45, 2.75) is 39.2 Å². The summed E-state index contributed by atoms with van der Waals surface area (Å²) in [6.45, 7) is 10.8. The van der Waals surface area contributed by atoms with Crippen molar-refractivity contribution in [1.82, 2.24) is 4.90 Å². The Hall–Kier alpha value is -3.45. The number of rotatable bonds is 4. The van der Waals surface area contributed by atoms with Crippen LogP contribution in [0.5, 0.6) is 5.75 Å². The summed E-state index contributed by atoms with van der Waals surface area (Å²) >= 11 is 0. The molecule has 5 nitrogen and oxygen atoms in total. The second-order valence-corrected chi connectivity index (χ2v) is 10.9. The molecule has 0 atom stereocenters. The van der Waals surface area contributed by atoms with Crippen LogP contribution in [0.1, 0.15) is 33.6 Å². The van der Waals surface area contributed by atoms with E-state index < -0.39 is 11.6 Å². The summed E-state index contributed by atoms with van der Waals surface area (Å²) in [5, 5.41) is 11.2. The summed E-state index contributed by atoms with van der Waals surface area (Å²) in [6, 6.07) is 14.7. The quantitative estimate of drug-likeness (QED) is 0.469. The van der Waals surface area contributed by atoms with Crippen LogP contribution in [0.3, 0.4) is 0 Å². The second-order valence-electron chi connectivity index (χ2n) is 10.9. The van der Waals surface area contributed by atoms with Crippen LogP contribution in [0, 0.1) is 11.6 Å². The van der Waals surface area contributed by atoms with Gasteiger partial charge in [0, 0.05) is 61.5 Å². The number of amides is 1. The first-order chi connectivity index (χ1) is 17.6. The Morgan fingerprint density at radius 1 is 0.838 bits per heavy atom. The third kappa shape index (κ3) is 5.05. The van der Waals surface area contributed by atoms with E-state index in [2.05, 4.69) is 30.6 Å². The summed E-state index contributed by atoms with van der Waals surface area (Å²) < 4.78 is 29.8. The SMILES string of the molecule is CC(C)(C)N1CCN(c2cccc(-c3cc(F)cc(-c4ccc(N5CCCC5=O)c(F)c4)c3O)c2)CC1. The molecule has 37 heavy (non-hydrogen) atoms. The lowest BCUT2D eigenvalue weighted by molar-refractivity contribution is -0.117. The van der Waals surface area contributed by atoms with Crippen molar-refractivity contribution in [3.8, 4) is 28.0 Å². The van der Waals surface area contributed by atoms with Crippen LogP contribution < -0.4 is 9.80 Å². The number of phenols is 1. The third-order valence-corrected chi connectivity index (χ3v) is 7.45. The molecule has 0 aliphatic carbocycles. The molecular formula is C30H33F2N3O2. The lowest BCUT2D eigenvalue weighted by Gasteiger charge is -2.43. The minimum absolute atomic E-state index is 0.109. The van der Waals surface area contributed by atoms with Crippen molar-refractivity contribution < 1.29 is 18.7 Å². The Morgan fingerprint density at radius 3 is 2.11 bits per heavy atom. The zero-order valence-electron chi connectivity index (χ0n) is 21.6. The molecule has 2 aliphatic rings. The highest BCUT2D eigenvalue weighted by molar-refractivity contribution is 5.96. The zero-order chi connectivity index (χ0) is 26.3. The number of halogens is 2. The van der Waals surface area contributed by atoms with E-state index in [1.54, 1.807) is 6.07 Å². The number of piperazine rings is 1. The van der Waals surface area contributed by atoms with Crippen molar-refractivity contribution in [2.75, 3.05) is 42.5 Å². The smallest absolute Gasteiger partial charge is 0.227 e. The van der Waals surface area contributed by atoms with Crippen LogP contribution in [0.25, 0.3) is 22.3 Å². The average Bonchev–Trinajstić information content (AvgIpc) is 3.30. The molecule has 1 amide bonds. The van der Waals surface area contributed by atoms with Gasteiger partial charge in [-0.15, -0.1) is 0 Å². The predicted molar refractivity (Wildman–Crippen MR) is 144 cm³/mol. The van der Waals surface area contributed by atoms with E-state index in [-0.39, 0.29) is 28.4 Å². The number of hydrogen-bond donors (Lipinski definition) is 1. The van der Waals surface area contributed by atoms with Gasteiger partial charge in [0.1, 0.15) is 17.4 Å². The molecule has 0 radical (unpaired) electrons. The maximum atomic E-state index is 15.0. The third-order valence-electron chi connectivity index (χ3n) is 7.45. The Labute approximate surface area is 216 Å². The molecule has 0 saturated carbocycles. The molecule has 0 unspecified atom stereocenters. The molecule has 2 heterocycles. The normalized spacial score (nSPS) is 17.1. The number of hydrogen-bond acceptors (Lipinski definition) is 4. The van der Waals surface area contributed by atoms with Crippen molar-refractivity contribution in [3.63, 3.8) is 0 Å². The van der Waals surface area contributed by atoms with E-state index >= 15 is 0 Å². The Bertz CT molecular complexity index is 1330. The van der Waals surface area contributed by atoms with E-state index in [0.29, 0.717) is 36.1 Å². The van der Waals surface area contributed by atoms with E-state index in [1.807, 2.05) is 24.3 Å². The van der Waals surface area contributed by atoms with E-state index in [1.165, 1.54) is 29.2 Å². The fourth-order valence-electron chi connectivity index (χ4n) is 5.34. The van der Waals surface area contributed by atoms with E-state index in [9.17, 15) is 18.7 Å². The minimum atomic E-state index is -0.575. The van der Waals surface area contributed by atoms with E-state index in [0.717, 1.165) is 31.9 Å². The van der Waals surface area contributed by atoms with Gasteiger partial charge in [0.15, 0.2) is 0 Å². The first kappa shape index (κ1) is 25.2. The molecule has 1 N–H and O–H groups in total. The lowest BCUT2D eigenvalue weighted by Crippen LogP contribution is -2.53. The van der Waals surface area contributed by atoms with Crippen molar-refractivity contribution in [2.24, 2.45) is 0 Å². The van der Waals surface area contributed by atoms with Gasteiger partial charge in [0.05, 0.1) is 5.69 Å². The number of carbonyl (C=O) groups is 1. The van der Waals surface area contributed by atoms with Crippen LogP contribution in [-0.2, 0) is 4.79 Å². The molecule has 0 spiro atoms. The summed E-state index contributed by atoms with van der Waals surface area (Å²) in [7, 11) is 0. The predicted octanol–water partition coefficient (Wildman–Crippen LogP) is 6.05. The Kier molecular flexibility index (Phi) is 6.67. The van der Waals surface area contributed by atoms with Gasteiger partial charge < -0.3 is 14.9 Å². The van der Waals surface area contributed by atoms with Crippen LogP contribution in [-0.4, -0.2) is 54.2 Å². The molecule has 194 valence electrons. The molecule has 7 heteroatoms. The van der Waals surface area contributed by atoms with Gasteiger partial charge in [-0.25, -0.2) is 8.78 Å². The van der Waals surface area contributed by atoms with Crippen molar-refractivity contribution in [3.05, 3.63) is 66.2 Å². The van der Waals surface area contributed by atoms with Gasteiger partial charge in [0.2, 0.25) is 5.91 Å². The fraction of sp³-hybridized carbons (Fsp3) is 0.367. The van der Waals surface area contributed by atoms with Crippen LogP contribution in [0.4, 0.5) is 20.2 Å². The van der Waals surface area contributed by atoms with Gasteiger partial charge >= 0.3 is 0 Å². The van der Waals surface area contributed by atoms with Crippen molar-refractivity contribution in [1.29, 1.82) is 0 Å². The van der Waals surface area contributed by atoms with Gasteiger partial charge in [-0.05, 0) is 74.7 Å². The summed E-state index contributed by atoms with van der Waals surface area (Å²) in [5.74, 6) is -1.32. The number of carbonyl (C=O) groups excluding carboxylic acids is 1. The molecule has 0 bridgehead atoms. The van der Waals surface area contributed by atoms with Gasteiger partial charge in [0.25, 0.3) is 0 Å². The number of nitrogens with zero attached hydrogens (tertiary/aromatic N) is 3.